The molecule has 29 heavy (non-hydrogen) atoms. The minimum Gasteiger partial charge on any atom is -0.497 e. The third-order valence-corrected chi connectivity index (χ3v) is 4.78. The van der Waals surface area contributed by atoms with E-state index in [2.05, 4.69) is 20.8 Å². The van der Waals surface area contributed by atoms with Crippen molar-refractivity contribution in [2.45, 2.75) is 6.04 Å². The summed E-state index contributed by atoms with van der Waals surface area (Å²) < 4.78 is 23.4. The van der Waals surface area contributed by atoms with Crippen molar-refractivity contribution in [2.24, 2.45) is 0 Å². The van der Waals surface area contributed by atoms with Crippen molar-refractivity contribution in [1.29, 1.82) is 0 Å². The van der Waals surface area contributed by atoms with Gasteiger partial charge in [0.1, 0.15) is 17.5 Å². The number of tetrazole rings is 1. The van der Waals surface area contributed by atoms with Crippen molar-refractivity contribution in [3.63, 3.8) is 0 Å². The van der Waals surface area contributed by atoms with E-state index in [1.165, 1.54) is 0 Å². The predicted octanol–water partition coefficient (Wildman–Crippen LogP) is 2.76. The number of anilines is 1. The van der Waals surface area contributed by atoms with Crippen molar-refractivity contribution < 1.29 is 18.9 Å². The van der Waals surface area contributed by atoms with Crippen LogP contribution in [-0.2, 0) is 0 Å². The third kappa shape index (κ3) is 3.31. The van der Waals surface area contributed by atoms with Crippen LogP contribution in [0.15, 0.2) is 42.5 Å². The molecule has 2 aromatic carbocycles. The molecule has 1 aliphatic heterocycles. The number of hydrogen-bond acceptors (Lipinski definition) is 8. The summed E-state index contributed by atoms with van der Waals surface area (Å²) in [5, 5.41) is 15.3. The highest BCUT2D eigenvalue weighted by Crippen LogP contribution is 2.38. The highest BCUT2D eigenvalue weighted by molar-refractivity contribution is 5.80. The van der Waals surface area contributed by atoms with Gasteiger partial charge < -0.3 is 24.3 Å². The van der Waals surface area contributed by atoms with Gasteiger partial charge in [0.15, 0.2) is 11.5 Å². The molecule has 3 aromatic rings. The summed E-state index contributed by atoms with van der Waals surface area (Å²) in [7, 11) is 6.46. The van der Waals surface area contributed by atoms with Crippen molar-refractivity contribution in [3.05, 3.63) is 53.6 Å². The van der Waals surface area contributed by atoms with E-state index in [1.807, 2.05) is 42.5 Å². The van der Waals surface area contributed by atoms with Gasteiger partial charge in [0.05, 0.1) is 34.1 Å². The van der Waals surface area contributed by atoms with Gasteiger partial charge in [-0.2, -0.15) is 4.68 Å². The molecule has 0 aliphatic carbocycles. The molecule has 0 saturated heterocycles. The number of aromatic nitrogens is 4. The number of fused-ring (bicyclic) bond motifs is 1. The van der Waals surface area contributed by atoms with Crippen LogP contribution in [0, 0.1) is 0 Å². The second-order valence-electron chi connectivity index (χ2n) is 6.28. The van der Waals surface area contributed by atoms with Gasteiger partial charge in [0.25, 0.3) is 0 Å². The fourth-order valence-electron chi connectivity index (χ4n) is 3.31. The van der Waals surface area contributed by atoms with Crippen LogP contribution in [0.2, 0.25) is 0 Å². The van der Waals surface area contributed by atoms with Crippen LogP contribution in [-0.4, -0.2) is 48.6 Å². The summed E-state index contributed by atoms with van der Waals surface area (Å²) in [5.74, 6) is 3.21. The lowest BCUT2D eigenvalue weighted by Gasteiger charge is -2.25. The van der Waals surface area contributed by atoms with Gasteiger partial charge in [-0.25, -0.2) is 0 Å². The Balaban J connectivity index is 1.81. The minimum atomic E-state index is -0.247. The molecule has 0 fully saturated rings. The maximum atomic E-state index is 5.56. The molecule has 1 atom stereocenters. The molecule has 9 nitrogen and oxygen atoms in total. The summed E-state index contributed by atoms with van der Waals surface area (Å²) in [5.41, 5.74) is 2.64. The van der Waals surface area contributed by atoms with Crippen molar-refractivity contribution in [3.8, 4) is 23.0 Å². The molecule has 1 aliphatic rings. The normalized spacial score (nSPS) is 15.0. The number of allylic oxidation sites excluding steroid dienone is 1. The topological polar surface area (TPSA) is 92.6 Å². The highest BCUT2D eigenvalue weighted by Gasteiger charge is 2.26. The fourth-order valence-corrected chi connectivity index (χ4v) is 3.31. The fraction of sp³-hybridized carbons (Fsp3) is 0.250. The molecule has 0 unspecified atom stereocenters. The Labute approximate surface area is 167 Å². The summed E-state index contributed by atoms with van der Waals surface area (Å²) in [6.07, 6.45) is 2.04. The first kappa shape index (κ1) is 18.6. The third-order valence-electron chi connectivity index (χ3n) is 4.78. The number of benzene rings is 2. The Morgan fingerprint density at radius 2 is 1.66 bits per heavy atom. The van der Waals surface area contributed by atoms with Crippen LogP contribution in [0.25, 0.3) is 5.70 Å². The van der Waals surface area contributed by atoms with E-state index in [0.29, 0.717) is 28.9 Å². The largest absolute Gasteiger partial charge is 0.497 e. The van der Waals surface area contributed by atoms with Crippen molar-refractivity contribution >= 4 is 11.6 Å². The van der Waals surface area contributed by atoms with Crippen LogP contribution >= 0.6 is 0 Å². The SMILES string of the molecule is COc1ccc(C2=C[C@@H](c3ccc(OC)c(OC)c3)n3nnnc3N2)c(OC)c1. The molecule has 2 heterocycles. The molecule has 0 radical (unpaired) electrons. The molecule has 150 valence electrons. The van der Waals surface area contributed by atoms with Crippen LogP contribution < -0.4 is 24.3 Å². The minimum absolute atomic E-state index is 0.247. The predicted molar refractivity (Wildman–Crippen MR) is 107 cm³/mol. The Kier molecular flexibility index (Phi) is 4.94. The Bertz CT molecular complexity index is 1060. The lowest BCUT2D eigenvalue weighted by atomic mass is 10.0. The summed E-state index contributed by atoms with van der Waals surface area (Å²) in [6.45, 7) is 0. The summed E-state index contributed by atoms with van der Waals surface area (Å²) in [4.78, 5) is 0. The number of nitrogens with one attached hydrogen (secondary N) is 1. The van der Waals surface area contributed by atoms with Gasteiger partial charge in [-0.1, -0.05) is 11.2 Å². The van der Waals surface area contributed by atoms with E-state index in [9.17, 15) is 0 Å². The van der Waals surface area contributed by atoms with E-state index in [1.54, 1.807) is 33.1 Å². The van der Waals surface area contributed by atoms with E-state index in [-0.39, 0.29) is 6.04 Å². The lowest BCUT2D eigenvalue weighted by Crippen LogP contribution is -2.20. The second kappa shape index (κ2) is 7.70. The average molecular weight is 395 g/mol. The van der Waals surface area contributed by atoms with Gasteiger partial charge >= 0.3 is 0 Å². The van der Waals surface area contributed by atoms with E-state index >= 15 is 0 Å². The zero-order valence-corrected chi connectivity index (χ0v) is 16.5. The van der Waals surface area contributed by atoms with Gasteiger partial charge in [-0.3, -0.25) is 0 Å². The quantitative estimate of drug-likeness (QED) is 0.681. The Morgan fingerprint density at radius 3 is 2.38 bits per heavy atom. The Morgan fingerprint density at radius 1 is 0.862 bits per heavy atom. The van der Waals surface area contributed by atoms with Crippen LogP contribution in [0.4, 0.5) is 5.95 Å². The van der Waals surface area contributed by atoms with E-state index in [0.717, 1.165) is 16.8 Å². The maximum absolute atomic E-state index is 5.56. The highest BCUT2D eigenvalue weighted by atomic mass is 16.5. The number of ether oxygens (including phenoxy) is 4. The molecule has 1 aromatic heterocycles. The molecule has 1 N–H and O–H groups in total. The molecule has 0 amide bonds. The standard InChI is InChI=1S/C20H21N5O4/c1-26-13-6-7-14(18(10-13)28-3)15-11-16(25-20(21-15)22-23-24-25)12-5-8-17(27-2)19(9-12)29-4/h5-11,16H,1-4H3,(H,21,22,24)/t16-/m0/s1. The van der Waals surface area contributed by atoms with E-state index < -0.39 is 0 Å². The smallest absolute Gasteiger partial charge is 0.248 e. The molecule has 0 spiro atoms. The number of methoxy groups -OCH3 is 4. The number of nitrogens with zero attached hydrogens (tertiary/aromatic N) is 4. The second-order valence-corrected chi connectivity index (χ2v) is 6.28. The average Bonchev–Trinajstić information content (AvgIpc) is 3.26. The molecule has 4 rings (SSSR count). The van der Waals surface area contributed by atoms with Crippen molar-refractivity contribution in [1.82, 2.24) is 20.2 Å². The zero-order chi connectivity index (χ0) is 20.4. The van der Waals surface area contributed by atoms with Gasteiger partial charge in [0, 0.05) is 11.6 Å². The molecular weight excluding hydrogens is 374 g/mol. The summed E-state index contributed by atoms with van der Waals surface area (Å²) >= 11 is 0. The van der Waals surface area contributed by atoms with Crippen LogP contribution in [0.3, 0.4) is 0 Å². The molecule has 9 heteroatoms. The van der Waals surface area contributed by atoms with Gasteiger partial charge in [-0.15, -0.1) is 0 Å². The van der Waals surface area contributed by atoms with Crippen LogP contribution in [0.1, 0.15) is 17.2 Å². The molecule has 0 saturated carbocycles. The number of rotatable bonds is 6. The molecular formula is C20H21N5O4. The summed E-state index contributed by atoms with van der Waals surface area (Å²) in [6, 6.07) is 11.1. The van der Waals surface area contributed by atoms with Gasteiger partial charge in [0.2, 0.25) is 5.95 Å². The lowest BCUT2D eigenvalue weighted by molar-refractivity contribution is 0.354. The zero-order valence-electron chi connectivity index (χ0n) is 16.5. The maximum Gasteiger partial charge on any atom is 0.248 e. The first-order valence-corrected chi connectivity index (χ1v) is 8.89. The first-order chi connectivity index (χ1) is 14.2. The molecule has 0 bridgehead atoms. The van der Waals surface area contributed by atoms with Crippen molar-refractivity contribution in [2.75, 3.05) is 33.8 Å². The first-order valence-electron chi connectivity index (χ1n) is 8.89. The Hall–Kier alpha value is -3.75. The van der Waals surface area contributed by atoms with Gasteiger partial charge in [-0.05, 0) is 46.3 Å². The van der Waals surface area contributed by atoms with Crippen LogP contribution in [0.5, 0.6) is 23.0 Å². The van der Waals surface area contributed by atoms with E-state index in [4.69, 9.17) is 18.9 Å². The number of hydrogen-bond donors (Lipinski definition) is 1. The monoisotopic (exact) mass is 395 g/mol.